The molecule has 0 aliphatic heterocycles. The van der Waals surface area contributed by atoms with Gasteiger partial charge in [0.15, 0.2) is 0 Å². The zero-order valence-electron chi connectivity index (χ0n) is 11.8. The second kappa shape index (κ2) is 7.75. The van der Waals surface area contributed by atoms with Crippen LogP contribution in [0.25, 0.3) is 0 Å². The summed E-state index contributed by atoms with van der Waals surface area (Å²) in [4.78, 5) is 11.9. The van der Waals surface area contributed by atoms with Crippen LogP contribution in [0.2, 0.25) is 0 Å². The van der Waals surface area contributed by atoms with Crippen molar-refractivity contribution in [1.29, 1.82) is 0 Å². The number of amides is 1. The fraction of sp³-hybridized carbons (Fsp3) is 0.385. The zero-order valence-corrected chi connectivity index (χ0v) is 12.6. The van der Waals surface area contributed by atoms with Gasteiger partial charge in [-0.3, -0.25) is 4.79 Å². The van der Waals surface area contributed by atoms with Crippen molar-refractivity contribution in [2.45, 2.75) is 25.0 Å². The Morgan fingerprint density at radius 2 is 2.14 bits per heavy atom. The van der Waals surface area contributed by atoms with Crippen LogP contribution in [-0.4, -0.2) is 38.4 Å². The van der Waals surface area contributed by atoms with Gasteiger partial charge in [-0.05, 0) is 34.5 Å². The Bertz CT molecular complexity index is 583. The summed E-state index contributed by atoms with van der Waals surface area (Å²) in [5, 5.41) is 14.7. The molecule has 0 unspecified atom stereocenters. The first-order chi connectivity index (χ1) is 10.2. The highest BCUT2D eigenvalue weighted by Gasteiger charge is 2.09. The van der Waals surface area contributed by atoms with E-state index >= 15 is 0 Å². The molecule has 7 nitrogen and oxygen atoms in total. The van der Waals surface area contributed by atoms with Gasteiger partial charge in [0.25, 0.3) is 0 Å². The van der Waals surface area contributed by atoms with Gasteiger partial charge in [-0.2, -0.15) is 0 Å². The van der Waals surface area contributed by atoms with Crippen molar-refractivity contribution in [3.05, 3.63) is 29.8 Å². The summed E-state index contributed by atoms with van der Waals surface area (Å²) in [7, 11) is 0. The first-order valence-corrected chi connectivity index (χ1v) is 7.69. The Morgan fingerprint density at radius 3 is 2.81 bits per heavy atom. The number of rotatable bonds is 7. The molecule has 0 fully saturated rings. The number of nitrogens with two attached hydrogens (primary N) is 1. The topological polar surface area (TPSA) is 98.7 Å². The summed E-state index contributed by atoms with van der Waals surface area (Å²) >= 11 is 1.29. The van der Waals surface area contributed by atoms with Gasteiger partial charge in [-0.1, -0.05) is 30.8 Å². The van der Waals surface area contributed by atoms with Gasteiger partial charge in [0.05, 0.1) is 12.3 Å². The lowest BCUT2D eigenvalue weighted by molar-refractivity contribution is -0.113. The molecule has 0 bridgehead atoms. The van der Waals surface area contributed by atoms with Gasteiger partial charge in [0.1, 0.15) is 0 Å². The molecule has 1 amide bonds. The van der Waals surface area contributed by atoms with Crippen molar-refractivity contribution in [3.8, 4) is 0 Å². The number of aryl methyl sites for hydroxylation is 1. The third kappa shape index (κ3) is 4.54. The largest absolute Gasteiger partial charge is 0.329 e. The van der Waals surface area contributed by atoms with E-state index in [-0.39, 0.29) is 11.7 Å². The Labute approximate surface area is 127 Å². The number of nitrogens with one attached hydrogen (secondary N) is 1. The Kier molecular flexibility index (Phi) is 5.70. The molecule has 0 saturated heterocycles. The molecule has 2 rings (SSSR count). The van der Waals surface area contributed by atoms with Crippen LogP contribution in [0.3, 0.4) is 0 Å². The fourth-order valence-corrected chi connectivity index (χ4v) is 2.42. The minimum atomic E-state index is -0.0912. The number of anilines is 1. The van der Waals surface area contributed by atoms with Crippen molar-refractivity contribution in [2.75, 3.05) is 17.6 Å². The van der Waals surface area contributed by atoms with E-state index in [4.69, 9.17) is 5.73 Å². The molecular weight excluding hydrogens is 288 g/mol. The number of tetrazole rings is 1. The molecule has 112 valence electrons. The highest BCUT2D eigenvalue weighted by atomic mass is 32.2. The fourth-order valence-electron chi connectivity index (χ4n) is 1.71. The minimum absolute atomic E-state index is 0.0912. The molecule has 1 aromatic carbocycles. The molecule has 0 aliphatic rings. The highest BCUT2D eigenvalue weighted by Crippen LogP contribution is 2.15. The van der Waals surface area contributed by atoms with Crippen molar-refractivity contribution >= 4 is 23.4 Å². The second-order valence-electron chi connectivity index (χ2n) is 4.36. The van der Waals surface area contributed by atoms with Crippen molar-refractivity contribution in [3.63, 3.8) is 0 Å². The first-order valence-electron chi connectivity index (χ1n) is 6.70. The van der Waals surface area contributed by atoms with Crippen LogP contribution in [0.1, 0.15) is 12.5 Å². The zero-order chi connectivity index (χ0) is 15.1. The number of hydrogen-bond acceptors (Lipinski definition) is 6. The third-order valence-electron chi connectivity index (χ3n) is 2.82. The molecule has 21 heavy (non-hydrogen) atoms. The minimum Gasteiger partial charge on any atom is -0.329 e. The number of carbonyl (C=O) groups is 1. The van der Waals surface area contributed by atoms with Gasteiger partial charge in [0, 0.05) is 12.2 Å². The van der Waals surface area contributed by atoms with Gasteiger partial charge in [0.2, 0.25) is 11.1 Å². The normalized spacial score (nSPS) is 10.6. The summed E-state index contributed by atoms with van der Waals surface area (Å²) in [6.07, 6.45) is 0.980. The summed E-state index contributed by atoms with van der Waals surface area (Å²) in [5.41, 5.74) is 7.50. The summed E-state index contributed by atoms with van der Waals surface area (Å²) in [6, 6.07) is 7.81. The molecule has 0 saturated carbocycles. The molecule has 8 heteroatoms. The standard InChI is InChI=1S/C13H18N6OS/c1-2-10-3-5-11(6-4-10)15-12(20)9-21-13-16-17-18-19(13)8-7-14/h3-6H,2,7-9,14H2,1H3,(H,15,20). The second-order valence-corrected chi connectivity index (χ2v) is 5.30. The molecule has 0 radical (unpaired) electrons. The Hall–Kier alpha value is -1.93. The third-order valence-corrected chi connectivity index (χ3v) is 3.78. The molecular formula is C13H18N6OS. The summed E-state index contributed by atoms with van der Waals surface area (Å²) in [6.45, 7) is 3.08. The van der Waals surface area contributed by atoms with Crippen LogP contribution < -0.4 is 11.1 Å². The molecule has 0 atom stereocenters. The van der Waals surface area contributed by atoms with E-state index in [0.29, 0.717) is 18.2 Å². The lowest BCUT2D eigenvalue weighted by Gasteiger charge is -2.06. The van der Waals surface area contributed by atoms with Crippen LogP contribution in [0.4, 0.5) is 5.69 Å². The Balaban J connectivity index is 1.85. The van der Waals surface area contributed by atoms with E-state index in [1.54, 1.807) is 4.68 Å². The van der Waals surface area contributed by atoms with Crippen molar-refractivity contribution in [2.24, 2.45) is 5.73 Å². The monoisotopic (exact) mass is 306 g/mol. The van der Waals surface area contributed by atoms with Gasteiger partial charge in [-0.25, -0.2) is 4.68 Å². The quantitative estimate of drug-likeness (QED) is 0.738. The number of nitrogens with zero attached hydrogens (tertiary/aromatic N) is 4. The maximum atomic E-state index is 11.9. The van der Waals surface area contributed by atoms with Crippen molar-refractivity contribution < 1.29 is 4.79 Å². The van der Waals surface area contributed by atoms with Crippen LogP contribution in [0.15, 0.2) is 29.4 Å². The van der Waals surface area contributed by atoms with E-state index in [9.17, 15) is 4.79 Å². The smallest absolute Gasteiger partial charge is 0.234 e. The molecule has 3 N–H and O–H groups in total. The lowest BCUT2D eigenvalue weighted by Crippen LogP contribution is -2.16. The average Bonchev–Trinajstić information content (AvgIpc) is 2.94. The van der Waals surface area contributed by atoms with Crippen LogP contribution >= 0.6 is 11.8 Å². The van der Waals surface area contributed by atoms with Gasteiger partial charge in [-0.15, -0.1) is 5.10 Å². The number of hydrogen-bond donors (Lipinski definition) is 2. The lowest BCUT2D eigenvalue weighted by atomic mass is 10.1. The van der Waals surface area contributed by atoms with E-state index in [1.807, 2.05) is 24.3 Å². The van der Waals surface area contributed by atoms with Gasteiger partial charge < -0.3 is 11.1 Å². The van der Waals surface area contributed by atoms with Crippen molar-refractivity contribution in [1.82, 2.24) is 20.2 Å². The maximum absolute atomic E-state index is 11.9. The number of carbonyl (C=O) groups excluding carboxylic acids is 1. The van der Waals surface area contributed by atoms with Gasteiger partial charge >= 0.3 is 0 Å². The molecule has 1 aromatic heterocycles. The van der Waals surface area contributed by atoms with Crippen LogP contribution in [-0.2, 0) is 17.8 Å². The highest BCUT2D eigenvalue weighted by molar-refractivity contribution is 7.99. The summed E-state index contributed by atoms with van der Waals surface area (Å²) < 4.78 is 1.59. The van der Waals surface area contributed by atoms with E-state index < -0.39 is 0 Å². The predicted octanol–water partition coefficient (Wildman–Crippen LogP) is 0.925. The predicted molar refractivity (Wildman–Crippen MR) is 82.0 cm³/mol. The average molecular weight is 306 g/mol. The Morgan fingerprint density at radius 1 is 1.38 bits per heavy atom. The number of thioether (sulfide) groups is 1. The maximum Gasteiger partial charge on any atom is 0.234 e. The number of aromatic nitrogens is 4. The van der Waals surface area contributed by atoms with E-state index in [1.165, 1.54) is 17.3 Å². The molecule has 1 heterocycles. The van der Waals surface area contributed by atoms with E-state index in [2.05, 4.69) is 27.8 Å². The van der Waals surface area contributed by atoms with Crippen LogP contribution in [0, 0.1) is 0 Å². The van der Waals surface area contributed by atoms with Crippen LogP contribution in [0.5, 0.6) is 0 Å². The molecule has 0 spiro atoms. The van der Waals surface area contributed by atoms with E-state index in [0.717, 1.165) is 12.1 Å². The SMILES string of the molecule is CCc1ccc(NC(=O)CSc2nnnn2CCN)cc1. The summed E-state index contributed by atoms with van der Waals surface area (Å²) in [5.74, 6) is 0.159. The molecule has 2 aromatic rings. The molecule has 0 aliphatic carbocycles. The number of benzene rings is 1. The first kappa shape index (κ1) is 15.5.